The van der Waals surface area contributed by atoms with Gasteiger partial charge in [-0.2, -0.15) is 10.2 Å². The van der Waals surface area contributed by atoms with E-state index in [0.29, 0.717) is 35.0 Å². The zero-order valence-electron chi connectivity index (χ0n) is 17.5. The summed E-state index contributed by atoms with van der Waals surface area (Å²) < 4.78 is 6.79. The fourth-order valence-electron chi connectivity index (χ4n) is 3.77. The second-order valence-corrected chi connectivity index (χ2v) is 8.34. The van der Waals surface area contributed by atoms with Gasteiger partial charge in [0.1, 0.15) is 5.54 Å². The third kappa shape index (κ3) is 4.90. The number of nitrogens with one attached hydrogen (secondary N) is 1. The van der Waals surface area contributed by atoms with Crippen LogP contribution in [0.3, 0.4) is 0 Å². The Kier molecular flexibility index (Phi) is 6.92. The number of fused-ring (bicyclic) bond motifs is 1. The number of amides is 1. The lowest BCUT2D eigenvalue weighted by molar-refractivity contribution is -0.148. The van der Waals surface area contributed by atoms with Crippen LogP contribution in [-0.2, 0) is 20.7 Å². The highest BCUT2D eigenvalue weighted by atomic mass is 32.2. The van der Waals surface area contributed by atoms with Crippen LogP contribution in [-0.4, -0.2) is 49.9 Å². The molecule has 0 radical (unpaired) electrons. The third-order valence-electron chi connectivity index (χ3n) is 5.45. The summed E-state index contributed by atoms with van der Waals surface area (Å²) in [6.45, 7) is 3.24. The molecule has 2 aromatic heterocycles. The summed E-state index contributed by atoms with van der Waals surface area (Å²) in [4.78, 5) is 33.4. The number of thioether (sulfide) groups is 1. The number of aromatic nitrogens is 4. The van der Waals surface area contributed by atoms with Gasteiger partial charge in [0.05, 0.1) is 12.5 Å². The first-order valence-electron chi connectivity index (χ1n) is 10.0. The monoisotopic (exact) mass is 430 g/mol. The Bertz CT molecular complexity index is 989. The molecule has 0 bridgehead atoms. The number of carbonyl (C=O) groups is 2. The fraction of sp³-hybridized carbons (Fsp3) is 0.600. The lowest BCUT2D eigenvalue weighted by Crippen LogP contribution is -2.48. The smallest absolute Gasteiger partial charge is 0.310 e. The van der Waals surface area contributed by atoms with E-state index in [4.69, 9.17) is 4.74 Å². The van der Waals surface area contributed by atoms with Gasteiger partial charge in [-0.1, -0.05) is 37.4 Å². The van der Waals surface area contributed by atoms with Crippen LogP contribution in [0.2, 0.25) is 0 Å². The van der Waals surface area contributed by atoms with Crippen LogP contribution in [0, 0.1) is 25.2 Å². The first kappa shape index (κ1) is 22.0. The molecule has 1 amide bonds. The van der Waals surface area contributed by atoms with Crippen LogP contribution < -0.4 is 5.32 Å². The lowest BCUT2D eigenvalue weighted by atomic mass is 9.92. The number of carbonyl (C=O) groups excluding carboxylic acids is 2. The van der Waals surface area contributed by atoms with Crippen molar-refractivity contribution >= 4 is 29.4 Å². The van der Waals surface area contributed by atoms with Gasteiger partial charge in [-0.25, -0.2) is 9.50 Å². The largest absolute Gasteiger partial charge is 0.455 e. The molecule has 0 spiro atoms. The van der Waals surface area contributed by atoms with Crippen LogP contribution in [0.25, 0.3) is 5.78 Å². The van der Waals surface area contributed by atoms with Crippen molar-refractivity contribution < 1.29 is 14.3 Å². The molecule has 9 nitrogen and oxygen atoms in total. The molecule has 1 fully saturated rings. The van der Waals surface area contributed by atoms with Gasteiger partial charge in [-0.3, -0.25) is 9.59 Å². The zero-order valence-corrected chi connectivity index (χ0v) is 18.3. The van der Waals surface area contributed by atoms with Gasteiger partial charge in [0.25, 0.3) is 11.7 Å². The van der Waals surface area contributed by atoms with Crippen LogP contribution in [0.4, 0.5) is 0 Å². The van der Waals surface area contributed by atoms with Gasteiger partial charge < -0.3 is 10.1 Å². The summed E-state index contributed by atoms with van der Waals surface area (Å²) in [7, 11) is 0. The molecule has 0 aliphatic heterocycles. The predicted octanol–water partition coefficient (Wildman–Crippen LogP) is 2.28. The molecule has 1 aliphatic carbocycles. The van der Waals surface area contributed by atoms with Crippen molar-refractivity contribution in [2.45, 2.75) is 69.5 Å². The van der Waals surface area contributed by atoms with Gasteiger partial charge in [-0.05, 0) is 32.9 Å². The van der Waals surface area contributed by atoms with Crippen LogP contribution in [0.15, 0.2) is 5.16 Å². The van der Waals surface area contributed by atoms with E-state index in [1.54, 1.807) is 11.4 Å². The molecule has 2 heterocycles. The Balaban J connectivity index is 1.62. The quantitative estimate of drug-likeness (QED) is 0.421. The van der Waals surface area contributed by atoms with Crippen molar-refractivity contribution in [2.75, 3.05) is 12.9 Å². The van der Waals surface area contributed by atoms with Crippen molar-refractivity contribution in [3.8, 4) is 6.07 Å². The molecular weight excluding hydrogens is 404 g/mol. The first-order chi connectivity index (χ1) is 14.4. The number of ether oxygens (including phenoxy) is 1. The summed E-state index contributed by atoms with van der Waals surface area (Å²) in [5.41, 5.74) is 1.27. The van der Waals surface area contributed by atoms with Gasteiger partial charge in [0.15, 0.2) is 6.61 Å². The molecular formula is C20H26N6O3S. The summed E-state index contributed by atoms with van der Waals surface area (Å²) in [6, 6.07) is 2.26. The summed E-state index contributed by atoms with van der Waals surface area (Å²) in [5.74, 6) is -0.500. The van der Waals surface area contributed by atoms with Crippen molar-refractivity contribution in [1.29, 1.82) is 5.26 Å². The highest BCUT2D eigenvalue weighted by Crippen LogP contribution is 2.26. The number of aryl methyl sites for hydroxylation is 2. The average Bonchev–Trinajstić information content (AvgIpc) is 3.00. The topological polar surface area (TPSA) is 122 Å². The molecule has 30 heavy (non-hydrogen) atoms. The van der Waals surface area contributed by atoms with Crippen molar-refractivity contribution in [2.24, 2.45) is 0 Å². The van der Waals surface area contributed by atoms with E-state index in [1.165, 1.54) is 11.8 Å². The second-order valence-electron chi connectivity index (χ2n) is 7.57. The first-order valence-corrected chi connectivity index (χ1v) is 11.2. The SMILES string of the molecule is CSc1nc2nc(C)c(CC(=O)OCC(=O)NC3(C#N)CCCCCC3)c(C)n2n1. The van der Waals surface area contributed by atoms with E-state index in [0.717, 1.165) is 31.4 Å². The maximum atomic E-state index is 12.4. The van der Waals surface area contributed by atoms with E-state index in [1.807, 2.05) is 13.2 Å². The Hall–Kier alpha value is -2.67. The number of nitrogens with zero attached hydrogens (tertiary/aromatic N) is 5. The van der Waals surface area contributed by atoms with Crippen LogP contribution in [0.1, 0.15) is 55.5 Å². The van der Waals surface area contributed by atoms with Gasteiger partial charge in [0, 0.05) is 17.0 Å². The van der Waals surface area contributed by atoms with Crippen molar-refractivity contribution in [1.82, 2.24) is 24.9 Å². The minimum Gasteiger partial charge on any atom is -0.455 e. The number of hydrogen-bond donors (Lipinski definition) is 1. The molecule has 1 aliphatic rings. The average molecular weight is 431 g/mol. The van der Waals surface area contributed by atoms with E-state index in [2.05, 4.69) is 26.5 Å². The molecule has 1 saturated carbocycles. The normalized spacial score (nSPS) is 15.9. The van der Waals surface area contributed by atoms with Crippen LogP contribution in [0.5, 0.6) is 0 Å². The molecule has 10 heteroatoms. The second kappa shape index (κ2) is 9.43. The summed E-state index contributed by atoms with van der Waals surface area (Å²) >= 11 is 1.42. The Morgan fingerprint density at radius 3 is 2.57 bits per heavy atom. The van der Waals surface area contributed by atoms with E-state index < -0.39 is 24.0 Å². The molecule has 0 aromatic carbocycles. The molecule has 0 saturated heterocycles. The maximum Gasteiger partial charge on any atom is 0.310 e. The Morgan fingerprint density at radius 1 is 1.23 bits per heavy atom. The van der Waals surface area contributed by atoms with E-state index in [-0.39, 0.29) is 6.42 Å². The fourth-order valence-corrected chi connectivity index (χ4v) is 4.11. The highest BCUT2D eigenvalue weighted by Gasteiger charge is 2.32. The molecule has 2 aromatic rings. The Labute approximate surface area is 179 Å². The minimum atomic E-state index is -0.857. The zero-order chi connectivity index (χ0) is 21.7. The Morgan fingerprint density at radius 2 is 1.93 bits per heavy atom. The number of esters is 1. The van der Waals surface area contributed by atoms with E-state index in [9.17, 15) is 14.9 Å². The molecule has 0 atom stereocenters. The van der Waals surface area contributed by atoms with Gasteiger partial charge >= 0.3 is 5.97 Å². The third-order valence-corrected chi connectivity index (χ3v) is 5.99. The van der Waals surface area contributed by atoms with Gasteiger partial charge in [0.2, 0.25) is 5.16 Å². The molecule has 1 N–H and O–H groups in total. The molecule has 3 rings (SSSR count). The van der Waals surface area contributed by atoms with Gasteiger partial charge in [-0.15, -0.1) is 5.10 Å². The molecule has 0 unspecified atom stereocenters. The predicted molar refractivity (Wildman–Crippen MR) is 111 cm³/mol. The minimum absolute atomic E-state index is 0.0221. The summed E-state index contributed by atoms with van der Waals surface area (Å²) in [6.07, 6.45) is 7.06. The lowest BCUT2D eigenvalue weighted by Gasteiger charge is -2.26. The molecule has 160 valence electrons. The van der Waals surface area contributed by atoms with Crippen LogP contribution >= 0.6 is 11.8 Å². The van der Waals surface area contributed by atoms with Crippen molar-refractivity contribution in [3.05, 3.63) is 17.0 Å². The highest BCUT2D eigenvalue weighted by molar-refractivity contribution is 7.98. The number of hydrogen-bond acceptors (Lipinski definition) is 8. The number of nitriles is 1. The number of rotatable bonds is 6. The van der Waals surface area contributed by atoms with E-state index >= 15 is 0 Å². The maximum absolute atomic E-state index is 12.4. The van der Waals surface area contributed by atoms with Crippen molar-refractivity contribution in [3.63, 3.8) is 0 Å². The standard InChI is InChI=1S/C20H26N6O3S/c1-13-15(14(2)26-18(22-13)23-19(25-26)30-3)10-17(28)29-11-16(27)24-20(12-21)8-6-4-5-7-9-20/h4-11H2,1-3H3,(H,24,27). The summed E-state index contributed by atoms with van der Waals surface area (Å²) in [5, 5.41) is 17.3.